The van der Waals surface area contributed by atoms with Crippen LogP contribution < -0.4 is 5.32 Å². The van der Waals surface area contributed by atoms with E-state index < -0.39 is 0 Å². The van der Waals surface area contributed by atoms with Gasteiger partial charge in [0.05, 0.1) is 0 Å². The van der Waals surface area contributed by atoms with E-state index in [4.69, 9.17) is 0 Å². The molecule has 0 aromatic heterocycles. The van der Waals surface area contributed by atoms with Crippen molar-refractivity contribution in [2.75, 3.05) is 0 Å². The van der Waals surface area contributed by atoms with Gasteiger partial charge in [0, 0.05) is 12.1 Å². The van der Waals surface area contributed by atoms with Crippen molar-refractivity contribution in [3.63, 3.8) is 0 Å². The Hall–Kier alpha value is -0.0400. The fourth-order valence-electron chi connectivity index (χ4n) is 4.88. The number of hydrogen-bond acceptors (Lipinski definition) is 1. The highest BCUT2D eigenvalue weighted by molar-refractivity contribution is 4.95. The third kappa shape index (κ3) is 3.73. The van der Waals surface area contributed by atoms with Crippen molar-refractivity contribution in [3.05, 3.63) is 0 Å². The number of rotatable bonds is 2. The molecule has 0 aliphatic heterocycles. The molecular formula is C17H33N. The topological polar surface area (TPSA) is 12.0 Å². The minimum atomic E-state index is 0.507. The molecule has 0 spiro atoms. The van der Waals surface area contributed by atoms with E-state index in [2.05, 4.69) is 46.9 Å². The van der Waals surface area contributed by atoms with Gasteiger partial charge in [0.25, 0.3) is 0 Å². The van der Waals surface area contributed by atoms with Crippen molar-refractivity contribution in [2.24, 2.45) is 16.2 Å². The fourth-order valence-corrected chi connectivity index (χ4v) is 4.88. The molecule has 1 unspecified atom stereocenters. The lowest BCUT2D eigenvalue weighted by molar-refractivity contribution is 0.0799. The van der Waals surface area contributed by atoms with Crippen LogP contribution in [-0.4, -0.2) is 12.1 Å². The van der Waals surface area contributed by atoms with Crippen LogP contribution >= 0.6 is 0 Å². The highest BCUT2D eigenvalue weighted by atomic mass is 15.0. The van der Waals surface area contributed by atoms with Gasteiger partial charge in [-0.2, -0.15) is 0 Å². The molecule has 0 aromatic rings. The van der Waals surface area contributed by atoms with Crippen LogP contribution in [0.5, 0.6) is 0 Å². The summed E-state index contributed by atoms with van der Waals surface area (Å²) in [5.74, 6) is 0. The summed E-state index contributed by atoms with van der Waals surface area (Å²) in [6, 6.07) is 1.51. The lowest BCUT2D eigenvalue weighted by Gasteiger charge is -2.46. The first-order chi connectivity index (χ1) is 8.07. The van der Waals surface area contributed by atoms with E-state index in [0.29, 0.717) is 16.2 Å². The highest BCUT2D eigenvalue weighted by Gasteiger charge is 2.40. The van der Waals surface area contributed by atoms with Gasteiger partial charge >= 0.3 is 0 Å². The molecule has 1 atom stereocenters. The first-order valence-corrected chi connectivity index (χ1v) is 7.83. The van der Waals surface area contributed by atoms with Gasteiger partial charge < -0.3 is 5.32 Å². The summed E-state index contributed by atoms with van der Waals surface area (Å²) >= 11 is 0. The number of hydrogen-bond donors (Lipinski definition) is 1. The van der Waals surface area contributed by atoms with Crippen molar-refractivity contribution < 1.29 is 0 Å². The smallest absolute Gasteiger partial charge is 0.00798 e. The molecule has 18 heavy (non-hydrogen) atoms. The van der Waals surface area contributed by atoms with E-state index in [1.807, 2.05) is 0 Å². The zero-order valence-corrected chi connectivity index (χ0v) is 13.4. The Morgan fingerprint density at radius 2 is 1.22 bits per heavy atom. The SMILES string of the molecule is CC1(C)CCC(NC2CC(C)(C)CC(C)(C)C2)C1. The normalized spacial score (nSPS) is 34.7. The zero-order chi connectivity index (χ0) is 13.6. The Morgan fingerprint density at radius 1 is 0.722 bits per heavy atom. The Labute approximate surface area is 114 Å². The quantitative estimate of drug-likeness (QED) is 0.746. The van der Waals surface area contributed by atoms with Crippen LogP contribution in [0.25, 0.3) is 0 Å². The highest BCUT2D eigenvalue weighted by Crippen LogP contribution is 2.46. The van der Waals surface area contributed by atoms with E-state index in [-0.39, 0.29) is 0 Å². The van der Waals surface area contributed by atoms with E-state index in [1.54, 1.807) is 0 Å². The second-order valence-electron chi connectivity index (χ2n) is 9.38. The molecule has 1 heteroatoms. The van der Waals surface area contributed by atoms with Crippen LogP contribution in [0.1, 0.15) is 80.1 Å². The van der Waals surface area contributed by atoms with E-state index in [0.717, 1.165) is 12.1 Å². The minimum Gasteiger partial charge on any atom is -0.311 e. The first-order valence-electron chi connectivity index (χ1n) is 7.83. The Morgan fingerprint density at radius 3 is 1.67 bits per heavy atom. The molecule has 2 saturated carbocycles. The molecule has 2 aliphatic carbocycles. The second-order valence-corrected chi connectivity index (χ2v) is 9.38. The standard InChI is InChI=1S/C17H33N/c1-15(2)8-7-13(9-15)18-14-10-16(3,4)12-17(5,6)11-14/h13-14,18H,7-12H2,1-6H3. The number of nitrogens with one attached hydrogen (secondary N) is 1. The van der Waals surface area contributed by atoms with Crippen LogP contribution in [0.2, 0.25) is 0 Å². The third-order valence-corrected chi connectivity index (χ3v) is 5.00. The fraction of sp³-hybridized carbons (Fsp3) is 1.00. The third-order valence-electron chi connectivity index (χ3n) is 5.00. The zero-order valence-electron chi connectivity index (χ0n) is 13.4. The van der Waals surface area contributed by atoms with Gasteiger partial charge in [0.15, 0.2) is 0 Å². The average Bonchev–Trinajstić information content (AvgIpc) is 2.38. The Kier molecular flexibility index (Phi) is 3.60. The van der Waals surface area contributed by atoms with Crippen LogP contribution in [0.3, 0.4) is 0 Å². The molecular weight excluding hydrogens is 218 g/mol. The van der Waals surface area contributed by atoms with Gasteiger partial charge in [-0.3, -0.25) is 0 Å². The summed E-state index contributed by atoms with van der Waals surface area (Å²) in [5, 5.41) is 3.98. The lowest BCUT2D eigenvalue weighted by atomic mass is 9.63. The van der Waals surface area contributed by atoms with Gasteiger partial charge in [0.1, 0.15) is 0 Å². The molecule has 0 bridgehead atoms. The van der Waals surface area contributed by atoms with Gasteiger partial charge in [0.2, 0.25) is 0 Å². The summed E-state index contributed by atoms with van der Waals surface area (Å²) in [6.45, 7) is 14.6. The van der Waals surface area contributed by atoms with Crippen molar-refractivity contribution in [1.82, 2.24) is 5.32 Å². The Balaban J connectivity index is 1.93. The van der Waals surface area contributed by atoms with Crippen LogP contribution in [0, 0.1) is 16.2 Å². The van der Waals surface area contributed by atoms with E-state index in [1.165, 1.54) is 38.5 Å². The van der Waals surface area contributed by atoms with Crippen molar-refractivity contribution in [3.8, 4) is 0 Å². The summed E-state index contributed by atoms with van der Waals surface area (Å²) < 4.78 is 0. The molecule has 0 heterocycles. The summed E-state index contributed by atoms with van der Waals surface area (Å²) in [6.07, 6.45) is 8.22. The predicted molar refractivity (Wildman–Crippen MR) is 79.8 cm³/mol. The maximum absolute atomic E-state index is 3.98. The summed E-state index contributed by atoms with van der Waals surface area (Å²) in [7, 11) is 0. The monoisotopic (exact) mass is 251 g/mol. The molecule has 2 fully saturated rings. The predicted octanol–water partition coefficient (Wildman–Crippen LogP) is 4.76. The maximum Gasteiger partial charge on any atom is 0.00798 e. The molecule has 1 nitrogen and oxygen atoms in total. The minimum absolute atomic E-state index is 0.507. The Bertz CT molecular complexity index is 285. The molecule has 0 aromatic carbocycles. The molecule has 0 amide bonds. The van der Waals surface area contributed by atoms with E-state index in [9.17, 15) is 0 Å². The van der Waals surface area contributed by atoms with Gasteiger partial charge in [-0.25, -0.2) is 0 Å². The molecule has 2 rings (SSSR count). The van der Waals surface area contributed by atoms with Gasteiger partial charge in [-0.05, 0) is 54.8 Å². The van der Waals surface area contributed by atoms with Crippen LogP contribution in [0.15, 0.2) is 0 Å². The van der Waals surface area contributed by atoms with E-state index >= 15 is 0 Å². The average molecular weight is 251 g/mol. The van der Waals surface area contributed by atoms with Gasteiger partial charge in [-0.15, -0.1) is 0 Å². The van der Waals surface area contributed by atoms with Crippen molar-refractivity contribution in [2.45, 2.75) is 92.2 Å². The molecule has 1 N–H and O–H groups in total. The second kappa shape index (κ2) is 4.51. The first kappa shape index (κ1) is 14.4. The largest absolute Gasteiger partial charge is 0.311 e. The molecule has 0 saturated heterocycles. The lowest BCUT2D eigenvalue weighted by Crippen LogP contribution is -2.47. The molecule has 2 aliphatic rings. The molecule has 0 radical (unpaired) electrons. The van der Waals surface area contributed by atoms with Crippen molar-refractivity contribution >= 4 is 0 Å². The molecule has 106 valence electrons. The van der Waals surface area contributed by atoms with Crippen LogP contribution in [0.4, 0.5) is 0 Å². The van der Waals surface area contributed by atoms with Crippen molar-refractivity contribution in [1.29, 1.82) is 0 Å². The summed E-state index contributed by atoms with van der Waals surface area (Å²) in [5.41, 5.74) is 1.58. The maximum atomic E-state index is 3.98. The van der Waals surface area contributed by atoms with Gasteiger partial charge in [-0.1, -0.05) is 41.5 Å². The summed E-state index contributed by atoms with van der Waals surface area (Å²) in [4.78, 5) is 0. The van der Waals surface area contributed by atoms with Crippen LogP contribution in [-0.2, 0) is 0 Å².